The molecule has 5 rings (SSSR count). The topological polar surface area (TPSA) is 69.2 Å². The number of carbonyl (C=O) groups is 2. The van der Waals surface area contributed by atoms with Crippen LogP contribution in [0.25, 0.3) is 34.0 Å². The highest BCUT2D eigenvalue weighted by Crippen LogP contribution is 2.34. The Labute approximate surface area is 197 Å². The van der Waals surface area contributed by atoms with Crippen molar-refractivity contribution in [3.8, 4) is 0 Å². The van der Waals surface area contributed by atoms with Crippen molar-refractivity contribution in [2.75, 3.05) is 6.61 Å². The lowest BCUT2D eigenvalue weighted by Gasteiger charge is -2.24. The van der Waals surface area contributed by atoms with Crippen LogP contribution in [0.3, 0.4) is 0 Å². The van der Waals surface area contributed by atoms with E-state index in [1.54, 1.807) is 19.3 Å². The molecule has 1 atom stereocenters. The van der Waals surface area contributed by atoms with Crippen LogP contribution in [-0.4, -0.2) is 28.3 Å². The zero-order chi connectivity index (χ0) is 23.5. The number of ketones is 1. The van der Waals surface area contributed by atoms with Crippen LogP contribution >= 0.6 is 0 Å². The van der Waals surface area contributed by atoms with Crippen molar-refractivity contribution < 1.29 is 14.3 Å². The predicted octanol–water partition coefficient (Wildman–Crippen LogP) is 5.79. The molecule has 1 aliphatic rings. The summed E-state index contributed by atoms with van der Waals surface area (Å²) < 4.78 is 5.31. The summed E-state index contributed by atoms with van der Waals surface area (Å²) in [6, 6.07) is 19.6. The van der Waals surface area contributed by atoms with E-state index in [1.165, 1.54) is 0 Å². The standard InChI is InChI=1S/C29H24N2O3/c1-2-34-29(33)25-17-23(15-19-7-9-26-21(13-19)5-3-11-30-26)28(32)24(18-25)16-20-8-10-27-22(14-20)6-4-12-31-27/h3-16,25H,2,17-18H2,1H3/b23-15-,24-16+. The number of hydrogen-bond acceptors (Lipinski definition) is 5. The quantitative estimate of drug-likeness (QED) is 0.292. The van der Waals surface area contributed by atoms with E-state index in [0.717, 1.165) is 32.9 Å². The molecule has 2 aromatic carbocycles. The van der Waals surface area contributed by atoms with Crippen LogP contribution in [0.15, 0.2) is 84.2 Å². The number of aromatic nitrogens is 2. The van der Waals surface area contributed by atoms with Crippen LogP contribution in [-0.2, 0) is 14.3 Å². The molecule has 5 nitrogen and oxygen atoms in total. The number of esters is 1. The lowest BCUT2D eigenvalue weighted by molar-refractivity contribution is -0.148. The number of ether oxygens (including phenoxy) is 1. The van der Waals surface area contributed by atoms with E-state index in [2.05, 4.69) is 9.97 Å². The van der Waals surface area contributed by atoms with Gasteiger partial charge in [0.25, 0.3) is 0 Å². The van der Waals surface area contributed by atoms with Gasteiger partial charge in [-0.25, -0.2) is 0 Å². The molecule has 5 heteroatoms. The number of fused-ring (bicyclic) bond motifs is 2. The summed E-state index contributed by atoms with van der Waals surface area (Å²) in [5.74, 6) is -0.685. The number of carbonyl (C=O) groups excluding carboxylic acids is 2. The molecule has 168 valence electrons. The van der Waals surface area contributed by atoms with Gasteiger partial charge in [0.05, 0.1) is 23.6 Å². The fourth-order valence-electron chi connectivity index (χ4n) is 4.44. The van der Waals surface area contributed by atoms with Crippen molar-refractivity contribution >= 4 is 45.7 Å². The molecule has 1 fully saturated rings. The molecule has 0 bridgehead atoms. The van der Waals surface area contributed by atoms with Crippen molar-refractivity contribution in [1.29, 1.82) is 0 Å². The number of hydrogen-bond donors (Lipinski definition) is 0. The van der Waals surface area contributed by atoms with Crippen LogP contribution in [0.1, 0.15) is 30.9 Å². The van der Waals surface area contributed by atoms with Gasteiger partial charge in [-0.1, -0.05) is 24.3 Å². The molecule has 1 saturated carbocycles. The average molecular weight is 449 g/mol. The molecule has 0 radical (unpaired) electrons. The van der Waals surface area contributed by atoms with Gasteiger partial charge < -0.3 is 4.74 Å². The van der Waals surface area contributed by atoms with Crippen LogP contribution in [0.4, 0.5) is 0 Å². The summed E-state index contributed by atoms with van der Waals surface area (Å²) in [6.07, 6.45) is 8.02. The summed E-state index contributed by atoms with van der Waals surface area (Å²) in [7, 11) is 0. The van der Waals surface area contributed by atoms with Crippen molar-refractivity contribution in [3.63, 3.8) is 0 Å². The third-order valence-electron chi connectivity index (χ3n) is 6.07. The molecule has 0 amide bonds. The van der Waals surface area contributed by atoms with Gasteiger partial charge in [-0.15, -0.1) is 0 Å². The largest absolute Gasteiger partial charge is 0.466 e. The number of rotatable bonds is 4. The highest BCUT2D eigenvalue weighted by atomic mass is 16.5. The van der Waals surface area contributed by atoms with Gasteiger partial charge in [0, 0.05) is 34.3 Å². The first-order chi connectivity index (χ1) is 16.6. The molecule has 4 aromatic rings. The first kappa shape index (κ1) is 21.7. The Morgan fingerprint density at radius 3 is 1.91 bits per heavy atom. The molecular formula is C29H24N2O3. The van der Waals surface area contributed by atoms with Crippen molar-refractivity contribution in [2.45, 2.75) is 19.8 Å². The number of pyridine rings is 2. The smallest absolute Gasteiger partial charge is 0.309 e. The van der Waals surface area contributed by atoms with Crippen LogP contribution in [0.2, 0.25) is 0 Å². The molecule has 1 unspecified atom stereocenters. The van der Waals surface area contributed by atoms with Gasteiger partial charge in [-0.2, -0.15) is 0 Å². The summed E-state index contributed by atoms with van der Waals surface area (Å²) in [5.41, 5.74) is 4.84. The fourth-order valence-corrected chi connectivity index (χ4v) is 4.44. The van der Waals surface area contributed by atoms with Crippen LogP contribution in [0.5, 0.6) is 0 Å². The minimum atomic E-state index is -0.389. The minimum absolute atomic E-state index is 0.0295. The summed E-state index contributed by atoms with van der Waals surface area (Å²) >= 11 is 0. The van der Waals surface area contributed by atoms with Crippen LogP contribution in [0, 0.1) is 5.92 Å². The molecule has 2 aromatic heterocycles. The maximum atomic E-state index is 13.5. The number of nitrogens with zero attached hydrogens (tertiary/aromatic N) is 2. The van der Waals surface area contributed by atoms with Gasteiger partial charge >= 0.3 is 5.97 Å². The molecule has 34 heavy (non-hydrogen) atoms. The van der Waals surface area contributed by atoms with E-state index < -0.39 is 0 Å². The average Bonchev–Trinajstić information content (AvgIpc) is 2.86. The van der Waals surface area contributed by atoms with E-state index in [4.69, 9.17) is 4.74 Å². The third kappa shape index (κ3) is 4.50. The van der Waals surface area contributed by atoms with E-state index in [1.807, 2.05) is 72.8 Å². The normalized spacial score (nSPS) is 18.6. The molecule has 0 saturated heterocycles. The molecule has 1 aliphatic carbocycles. The predicted molar refractivity (Wildman–Crippen MR) is 134 cm³/mol. The van der Waals surface area contributed by atoms with Gasteiger partial charge in [0.1, 0.15) is 0 Å². The first-order valence-corrected chi connectivity index (χ1v) is 11.4. The van der Waals surface area contributed by atoms with E-state index in [0.29, 0.717) is 30.6 Å². The lowest BCUT2D eigenvalue weighted by atomic mass is 9.79. The highest BCUT2D eigenvalue weighted by molar-refractivity contribution is 6.15. The van der Waals surface area contributed by atoms with Crippen molar-refractivity contribution in [3.05, 3.63) is 95.3 Å². The Kier molecular flexibility index (Phi) is 6.00. The third-order valence-corrected chi connectivity index (χ3v) is 6.07. The second-order valence-electron chi connectivity index (χ2n) is 8.44. The van der Waals surface area contributed by atoms with Crippen molar-refractivity contribution in [2.24, 2.45) is 5.92 Å². The van der Waals surface area contributed by atoms with E-state index in [9.17, 15) is 9.59 Å². The molecule has 2 heterocycles. The number of Topliss-reactive ketones (excluding diaryl/α,β-unsaturated/α-hetero) is 1. The summed E-state index contributed by atoms with van der Waals surface area (Å²) in [4.78, 5) is 34.8. The molecule has 0 aliphatic heterocycles. The zero-order valence-electron chi connectivity index (χ0n) is 18.9. The van der Waals surface area contributed by atoms with Crippen LogP contribution < -0.4 is 0 Å². The molecular weight excluding hydrogens is 424 g/mol. The lowest BCUT2D eigenvalue weighted by Crippen LogP contribution is -2.27. The Bertz CT molecular complexity index is 1370. The summed E-state index contributed by atoms with van der Waals surface area (Å²) in [5, 5.41) is 2.00. The fraction of sp³-hybridized carbons (Fsp3) is 0.172. The van der Waals surface area contributed by atoms with E-state index >= 15 is 0 Å². The Morgan fingerprint density at radius 1 is 0.882 bits per heavy atom. The number of allylic oxidation sites excluding steroid dienone is 2. The highest BCUT2D eigenvalue weighted by Gasteiger charge is 2.33. The maximum absolute atomic E-state index is 13.5. The molecule has 0 spiro atoms. The van der Waals surface area contributed by atoms with E-state index in [-0.39, 0.29) is 17.7 Å². The Hall–Kier alpha value is -4.12. The summed E-state index contributed by atoms with van der Waals surface area (Å²) in [6.45, 7) is 2.11. The Balaban J connectivity index is 1.53. The second kappa shape index (κ2) is 9.40. The molecule has 0 N–H and O–H groups in total. The first-order valence-electron chi connectivity index (χ1n) is 11.4. The SMILES string of the molecule is CCOC(=O)C1C/C(=C/c2ccc3ncccc3c2)C(=O)/C(=C/c2ccc3ncccc3c2)C1. The van der Waals surface area contributed by atoms with Gasteiger partial charge in [-0.05, 0) is 79.4 Å². The Morgan fingerprint density at radius 2 is 1.41 bits per heavy atom. The second-order valence-corrected chi connectivity index (χ2v) is 8.44. The monoisotopic (exact) mass is 448 g/mol. The van der Waals surface area contributed by atoms with Crippen molar-refractivity contribution in [1.82, 2.24) is 9.97 Å². The van der Waals surface area contributed by atoms with Gasteiger partial charge in [0.15, 0.2) is 5.78 Å². The van der Waals surface area contributed by atoms with Gasteiger partial charge in [-0.3, -0.25) is 19.6 Å². The van der Waals surface area contributed by atoms with Gasteiger partial charge in [0.2, 0.25) is 0 Å². The minimum Gasteiger partial charge on any atom is -0.466 e. The zero-order valence-corrected chi connectivity index (χ0v) is 18.9. The number of benzene rings is 2. The maximum Gasteiger partial charge on any atom is 0.309 e.